The molecule has 4 aromatic rings. The molecule has 1 aliphatic rings. The number of aliphatic hydroxyl groups is 1. The van der Waals surface area contributed by atoms with Crippen LogP contribution < -0.4 is 10.1 Å². The number of carbonyl (C=O) groups excluding carboxylic acids is 1. The fourth-order valence-corrected chi connectivity index (χ4v) is 5.63. The van der Waals surface area contributed by atoms with Gasteiger partial charge in [0.25, 0.3) is 0 Å². The number of thiazole rings is 1. The lowest BCUT2D eigenvalue weighted by Crippen LogP contribution is -2.70. The van der Waals surface area contributed by atoms with Gasteiger partial charge in [0.1, 0.15) is 34.6 Å². The Morgan fingerprint density at radius 3 is 2.79 bits per heavy atom. The van der Waals surface area contributed by atoms with Crippen molar-refractivity contribution in [1.82, 2.24) is 19.9 Å². The lowest BCUT2D eigenvalue weighted by atomic mass is 9.87. The van der Waals surface area contributed by atoms with Gasteiger partial charge < -0.3 is 19.9 Å². The Kier molecular flexibility index (Phi) is 7.37. The monoisotopic (exact) mass is 551 g/mol. The number of halogens is 1. The highest BCUT2D eigenvalue weighted by molar-refractivity contribution is 7.09. The van der Waals surface area contributed by atoms with Crippen molar-refractivity contribution in [3.63, 3.8) is 0 Å². The molecule has 0 bridgehead atoms. The van der Waals surface area contributed by atoms with Crippen LogP contribution in [-0.2, 0) is 4.74 Å². The van der Waals surface area contributed by atoms with Crippen LogP contribution in [0.2, 0.25) is 0 Å². The van der Waals surface area contributed by atoms with E-state index in [9.17, 15) is 14.3 Å². The molecule has 0 saturated carbocycles. The molecule has 0 aliphatic carbocycles. The van der Waals surface area contributed by atoms with Crippen molar-refractivity contribution >= 4 is 34.0 Å². The Morgan fingerprint density at radius 1 is 1.23 bits per heavy atom. The molecule has 1 amide bonds. The van der Waals surface area contributed by atoms with Gasteiger partial charge in [0.2, 0.25) is 0 Å². The molecule has 39 heavy (non-hydrogen) atoms. The van der Waals surface area contributed by atoms with Gasteiger partial charge >= 0.3 is 6.09 Å². The predicted molar refractivity (Wildman–Crippen MR) is 146 cm³/mol. The topological polar surface area (TPSA) is 110 Å². The zero-order valence-corrected chi connectivity index (χ0v) is 22.7. The molecule has 9 nitrogen and oxygen atoms in total. The average molecular weight is 552 g/mol. The summed E-state index contributed by atoms with van der Waals surface area (Å²) in [6.45, 7) is 4.78. The van der Waals surface area contributed by atoms with Crippen LogP contribution in [0.3, 0.4) is 0 Å². The maximum Gasteiger partial charge on any atom is 0.412 e. The number of hydrogen-bond acceptors (Lipinski definition) is 9. The number of anilines is 1. The number of likely N-dealkylation sites (tertiary alicyclic amines) is 1. The van der Waals surface area contributed by atoms with Crippen LogP contribution in [0.4, 0.5) is 14.9 Å². The maximum atomic E-state index is 14.3. The molecule has 204 valence electrons. The first-order valence-corrected chi connectivity index (χ1v) is 13.5. The molecule has 2 aromatic carbocycles. The van der Waals surface area contributed by atoms with Crippen LogP contribution in [-0.4, -0.2) is 55.0 Å². The second kappa shape index (κ2) is 10.7. The zero-order chi connectivity index (χ0) is 27.6. The summed E-state index contributed by atoms with van der Waals surface area (Å²) >= 11 is 1.41. The van der Waals surface area contributed by atoms with E-state index in [2.05, 4.69) is 20.3 Å². The molecule has 2 aromatic heterocycles. The van der Waals surface area contributed by atoms with E-state index in [1.807, 2.05) is 11.4 Å². The zero-order valence-electron chi connectivity index (χ0n) is 21.9. The van der Waals surface area contributed by atoms with Crippen LogP contribution in [0.15, 0.2) is 66.6 Å². The summed E-state index contributed by atoms with van der Waals surface area (Å²) in [5.41, 5.74) is -1.28. The minimum absolute atomic E-state index is 0.372. The minimum atomic E-state index is -1.54. The third kappa shape index (κ3) is 5.64. The molecule has 1 saturated heterocycles. The van der Waals surface area contributed by atoms with Gasteiger partial charge in [-0.25, -0.2) is 24.1 Å². The van der Waals surface area contributed by atoms with Gasteiger partial charge in [-0.15, -0.1) is 11.3 Å². The molecule has 3 heterocycles. The van der Waals surface area contributed by atoms with Crippen LogP contribution in [0, 0.1) is 5.82 Å². The normalized spacial score (nSPS) is 21.5. The lowest BCUT2D eigenvalue weighted by molar-refractivity contribution is -0.0934. The van der Waals surface area contributed by atoms with E-state index in [-0.39, 0.29) is 0 Å². The first-order valence-electron chi connectivity index (χ1n) is 12.6. The molecule has 3 unspecified atom stereocenters. The number of ether oxygens (including phenoxy) is 2. The Bertz CT molecular complexity index is 1450. The summed E-state index contributed by atoms with van der Waals surface area (Å²) in [6, 6.07) is 10.8. The van der Waals surface area contributed by atoms with Gasteiger partial charge in [-0.05, 0) is 63.9 Å². The highest BCUT2D eigenvalue weighted by Gasteiger charge is 2.56. The molecular weight excluding hydrogens is 521 g/mol. The molecule has 1 fully saturated rings. The SMILES string of the molecule is CC(C)(C)OC(=O)N1C(c2nccs2)CCC(Oc2ccc3cncnc3c2)C1(CO)Nc1cccc(F)c1. The van der Waals surface area contributed by atoms with E-state index in [1.54, 1.807) is 57.4 Å². The molecule has 5 rings (SSSR count). The molecule has 1 aliphatic heterocycles. The van der Waals surface area contributed by atoms with E-state index in [0.717, 1.165) is 5.39 Å². The summed E-state index contributed by atoms with van der Waals surface area (Å²) < 4.78 is 26.6. The fraction of sp³-hybridized carbons (Fsp3) is 0.357. The van der Waals surface area contributed by atoms with Crippen LogP contribution >= 0.6 is 11.3 Å². The second-order valence-electron chi connectivity index (χ2n) is 10.4. The van der Waals surface area contributed by atoms with Crippen molar-refractivity contribution in [3.05, 3.63) is 77.4 Å². The van der Waals surface area contributed by atoms with Gasteiger partial charge in [-0.3, -0.25) is 4.90 Å². The molecule has 0 spiro atoms. The number of aliphatic hydroxyl groups excluding tert-OH is 1. The third-order valence-electron chi connectivity index (χ3n) is 6.49. The van der Waals surface area contributed by atoms with Crippen molar-refractivity contribution in [1.29, 1.82) is 0 Å². The Morgan fingerprint density at radius 2 is 2.08 bits per heavy atom. The summed E-state index contributed by atoms with van der Waals surface area (Å²) in [5, 5.41) is 17.7. The number of nitrogens with zero attached hydrogens (tertiary/aromatic N) is 4. The number of rotatable bonds is 6. The Hall–Kier alpha value is -3.83. The van der Waals surface area contributed by atoms with Crippen molar-refractivity contribution in [2.45, 2.75) is 57.0 Å². The van der Waals surface area contributed by atoms with Crippen molar-refractivity contribution < 1.29 is 23.8 Å². The molecule has 11 heteroatoms. The van der Waals surface area contributed by atoms with E-state index in [0.29, 0.717) is 34.8 Å². The number of benzene rings is 2. The van der Waals surface area contributed by atoms with E-state index in [4.69, 9.17) is 9.47 Å². The van der Waals surface area contributed by atoms with Crippen LogP contribution in [0.1, 0.15) is 44.7 Å². The quantitative estimate of drug-likeness (QED) is 0.321. The number of carbonyl (C=O) groups is 1. The first kappa shape index (κ1) is 26.8. The number of amides is 1. The van der Waals surface area contributed by atoms with Crippen molar-refractivity contribution in [3.8, 4) is 5.75 Å². The maximum absolute atomic E-state index is 14.3. The minimum Gasteiger partial charge on any atom is -0.486 e. The average Bonchev–Trinajstić information content (AvgIpc) is 3.43. The lowest BCUT2D eigenvalue weighted by Gasteiger charge is -2.53. The van der Waals surface area contributed by atoms with Crippen LogP contribution in [0.25, 0.3) is 10.9 Å². The molecule has 0 radical (unpaired) electrons. The summed E-state index contributed by atoms with van der Waals surface area (Å²) in [7, 11) is 0. The Balaban J connectivity index is 1.62. The summed E-state index contributed by atoms with van der Waals surface area (Å²) in [6.07, 6.45) is 4.38. The van der Waals surface area contributed by atoms with Crippen molar-refractivity contribution in [2.24, 2.45) is 0 Å². The van der Waals surface area contributed by atoms with Crippen molar-refractivity contribution in [2.75, 3.05) is 11.9 Å². The number of hydrogen-bond donors (Lipinski definition) is 2. The first-order chi connectivity index (χ1) is 18.7. The molecule has 3 atom stereocenters. The number of nitrogens with one attached hydrogen (secondary N) is 1. The smallest absolute Gasteiger partial charge is 0.412 e. The fourth-order valence-electron chi connectivity index (χ4n) is 4.87. The summed E-state index contributed by atoms with van der Waals surface area (Å²) in [5.74, 6) is 0.0396. The standard InChI is InChI=1S/C28H30FN5O4S/c1-27(2,3)38-26(36)34-23(25-31-11-12-39-25)9-10-24(28(34,16-35)33-20-6-4-5-19(29)13-20)37-21-8-7-18-15-30-17-32-22(18)14-21/h4-8,11-15,17,23-24,33,35H,9-10,16H2,1-3H3. The third-order valence-corrected chi connectivity index (χ3v) is 7.36. The molecular formula is C28H30FN5O4S. The van der Waals surface area contributed by atoms with E-state index >= 15 is 0 Å². The summed E-state index contributed by atoms with van der Waals surface area (Å²) in [4.78, 5) is 28.2. The van der Waals surface area contributed by atoms with Gasteiger partial charge in [0.15, 0.2) is 5.66 Å². The van der Waals surface area contributed by atoms with Gasteiger partial charge in [0, 0.05) is 34.9 Å². The largest absolute Gasteiger partial charge is 0.486 e. The number of fused-ring (bicyclic) bond motifs is 1. The number of piperidine rings is 1. The highest BCUT2D eigenvalue weighted by Crippen LogP contribution is 2.44. The van der Waals surface area contributed by atoms with E-state index < -0.39 is 41.9 Å². The second-order valence-corrected chi connectivity index (χ2v) is 11.3. The highest BCUT2D eigenvalue weighted by atomic mass is 32.1. The van der Waals surface area contributed by atoms with E-state index in [1.165, 1.54) is 34.7 Å². The molecule has 2 N–H and O–H groups in total. The number of aromatic nitrogens is 3. The van der Waals surface area contributed by atoms with Gasteiger partial charge in [-0.2, -0.15) is 0 Å². The van der Waals surface area contributed by atoms with Gasteiger partial charge in [-0.1, -0.05) is 6.07 Å². The van der Waals surface area contributed by atoms with Crippen LogP contribution in [0.5, 0.6) is 5.75 Å². The Labute approximate surface area is 229 Å². The predicted octanol–water partition coefficient (Wildman–Crippen LogP) is 5.55. The van der Waals surface area contributed by atoms with Gasteiger partial charge in [0.05, 0.1) is 18.2 Å².